The standard InChI is InChI=1S/C14H29NO/c1-3-4-7-10-15-11-8-5-6-9-14(15)12-13(2)16/h13-14,16H,3-12H2,1-2H3. The van der Waals surface area contributed by atoms with Crippen LogP contribution < -0.4 is 0 Å². The van der Waals surface area contributed by atoms with E-state index in [1.165, 1.54) is 58.0 Å². The summed E-state index contributed by atoms with van der Waals surface area (Å²) in [4.78, 5) is 2.63. The van der Waals surface area contributed by atoms with Crippen molar-refractivity contribution in [1.29, 1.82) is 0 Å². The molecule has 0 aromatic rings. The van der Waals surface area contributed by atoms with E-state index in [0.717, 1.165) is 6.42 Å². The molecule has 0 spiro atoms. The first kappa shape index (κ1) is 14.0. The first-order valence-electron chi connectivity index (χ1n) is 7.16. The second-order valence-corrected chi connectivity index (χ2v) is 5.33. The van der Waals surface area contributed by atoms with Crippen molar-refractivity contribution in [3.05, 3.63) is 0 Å². The molecule has 16 heavy (non-hydrogen) atoms. The Kier molecular flexibility index (Phi) is 7.06. The van der Waals surface area contributed by atoms with E-state index in [0.29, 0.717) is 6.04 Å². The van der Waals surface area contributed by atoms with Crippen molar-refractivity contribution in [1.82, 2.24) is 4.90 Å². The number of rotatable bonds is 6. The number of nitrogens with zero attached hydrogens (tertiary/aromatic N) is 1. The van der Waals surface area contributed by atoms with Gasteiger partial charge in [-0.2, -0.15) is 0 Å². The Morgan fingerprint density at radius 3 is 2.75 bits per heavy atom. The minimum Gasteiger partial charge on any atom is -0.393 e. The van der Waals surface area contributed by atoms with Crippen LogP contribution in [0.15, 0.2) is 0 Å². The zero-order valence-corrected chi connectivity index (χ0v) is 11.1. The summed E-state index contributed by atoms with van der Waals surface area (Å²) in [5.74, 6) is 0. The van der Waals surface area contributed by atoms with Gasteiger partial charge < -0.3 is 10.0 Å². The number of likely N-dealkylation sites (tertiary alicyclic amines) is 1. The Labute approximate surface area is 101 Å². The van der Waals surface area contributed by atoms with Crippen LogP contribution in [0, 0.1) is 0 Å². The van der Waals surface area contributed by atoms with Crippen LogP contribution in [0.2, 0.25) is 0 Å². The van der Waals surface area contributed by atoms with Crippen molar-refractivity contribution in [2.75, 3.05) is 13.1 Å². The maximum Gasteiger partial charge on any atom is 0.0527 e. The molecule has 0 aliphatic carbocycles. The molecule has 1 saturated heterocycles. The van der Waals surface area contributed by atoms with E-state index >= 15 is 0 Å². The Balaban J connectivity index is 2.38. The fraction of sp³-hybridized carbons (Fsp3) is 1.00. The SMILES string of the molecule is CCCCCN1CCCCCC1CC(C)O. The smallest absolute Gasteiger partial charge is 0.0527 e. The molecule has 1 N–H and O–H groups in total. The summed E-state index contributed by atoms with van der Waals surface area (Å²) in [5.41, 5.74) is 0. The van der Waals surface area contributed by atoms with Gasteiger partial charge in [-0.25, -0.2) is 0 Å². The lowest BCUT2D eigenvalue weighted by molar-refractivity contribution is 0.111. The van der Waals surface area contributed by atoms with Crippen LogP contribution >= 0.6 is 0 Å². The van der Waals surface area contributed by atoms with Crippen LogP contribution in [0.3, 0.4) is 0 Å². The van der Waals surface area contributed by atoms with Crippen molar-refractivity contribution in [2.24, 2.45) is 0 Å². The van der Waals surface area contributed by atoms with Crippen LogP contribution in [-0.4, -0.2) is 35.2 Å². The lowest BCUT2D eigenvalue weighted by atomic mass is 10.0. The Hall–Kier alpha value is -0.0800. The Morgan fingerprint density at radius 2 is 2.06 bits per heavy atom. The van der Waals surface area contributed by atoms with Crippen molar-refractivity contribution < 1.29 is 5.11 Å². The van der Waals surface area contributed by atoms with Gasteiger partial charge in [-0.15, -0.1) is 0 Å². The van der Waals surface area contributed by atoms with E-state index < -0.39 is 0 Å². The number of aliphatic hydroxyl groups excluding tert-OH is 1. The third-order valence-corrected chi connectivity index (χ3v) is 3.66. The molecule has 0 radical (unpaired) electrons. The predicted octanol–water partition coefficient (Wildman–Crippen LogP) is 3.19. The van der Waals surface area contributed by atoms with Gasteiger partial charge in [0.05, 0.1) is 6.10 Å². The lowest BCUT2D eigenvalue weighted by Crippen LogP contribution is -2.37. The average Bonchev–Trinajstić information content (AvgIpc) is 2.44. The zero-order chi connectivity index (χ0) is 11.8. The molecule has 0 saturated carbocycles. The first-order chi connectivity index (χ1) is 7.74. The molecule has 96 valence electrons. The summed E-state index contributed by atoms with van der Waals surface area (Å²) in [6.45, 7) is 6.68. The fourth-order valence-electron chi connectivity index (χ4n) is 2.76. The van der Waals surface area contributed by atoms with Gasteiger partial charge in [0.15, 0.2) is 0 Å². The molecule has 0 aromatic carbocycles. The molecule has 1 aliphatic heterocycles. The third-order valence-electron chi connectivity index (χ3n) is 3.66. The van der Waals surface area contributed by atoms with Crippen molar-refractivity contribution >= 4 is 0 Å². The number of hydrogen-bond donors (Lipinski definition) is 1. The van der Waals surface area contributed by atoms with E-state index in [2.05, 4.69) is 11.8 Å². The van der Waals surface area contributed by atoms with Gasteiger partial charge in [0, 0.05) is 6.04 Å². The summed E-state index contributed by atoms with van der Waals surface area (Å²) in [5, 5.41) is 9.56. The second kappa shape index (κ2) is 8.08. The van der Waals surface area contributed by atoms with E-state index in [1.807, 2.05) is 6.92 Å². The number of hydrogen-bond acceptors (Lipinski definition) is 2. The van der Waals surface area contributed by atoms with Crippen LogP contribution in [0.25, 0.3) is 0 Å². The molecule has 1 rings (SSSR count). The third kappa shape index (κ3) is 5.31. The monoisotopic (exact) mass is 227 g/mol. The van der Waals surface area contributed by atoms with Gasteiger partial charge in [0.25, 0.3) is 0 Å². The highest BCUT2D eigenvalue weighted by Gasteiger charge is 2.21. The highest BCUT2D eigenvalue weighted by Crippen LogP contribution is 2.21. The van der Waals surface area contributed by atoms with Crippen molar-refractivity contribution in [3.8, 4) is 0 Å². The predicted molar refractivity (Wildman–Crippen MR) is 69.7 cm³/mol. The molecular formula is C14H29NO. The second-order valence-electron chi connectivity index (χ2n) is 5.33. The zero-order valence-electron chi connectivity index (χ0n) is 11.1. The Bertz CT molecular complexity index is 170. The van der Waals surface area contributed by atoms with Crippen LogP contribution in [0.1, 0.15) is 65.2 Å². The highest BCUT2D eigenvalue weighted by molar-refractivity contribution is 4.77. The van der Waals surface area contributed by atoms with E-state index in [-0.39, 0.29) is 6.10 Å². The molecule has 1 heterocycles. The van der Waals surface area contributed by atoms with Crippen LogP contribution in [0.4, 0.5) is 0 Å². The van der Waals surface area contributed by atoms with Crippen molar-refractivity contribution in [2.45, 2.75) is 77.4 Å². The summed E-state index contributed by atoms with van der Waals surface area (Å²) < 4.78 is 0. The minimum atomic E-state index is -0.142. The number of aliphatic hydroxyl groups is 1. The maximum atomic E-state index is 9.56. The number of unbranched alkanes of at least 4 members (excludes halogenated alkanes) is 2. The topological polar surface area (TPSA) is 23.5 Å². The van der Waals surface area contributed by atoms with Gasteiger partial charge in [-0.05, 0) is 45.7 Å². The van der Waals surface area contributed by atoms with E-state index in [4.69, 9.17) is 0 Å². The molecule has 0 amide bonds. The summed E-state index contributed by atoms with van der Waals surface area (Å²) in [6, 6.07) is 0.638. The van der Waals surface area contributed by atoms with Gasteiger partial charge in [0.2, 0.25) is 0 Å². The molecule has 0 aromatic heterocycles. The largest absolute Gasteiger partial charge is 0.393 e. The average molecular weight is 227 g/mol. The normalized spacial score (nSPS) is 25.3. The van der Waals surface area contributed by atoms with Gasteiger partial charge in [-0.3, -0.25) is 0 Å². The summed E-state index contributed by atoms with van der Waals surface area (Å²) >= 11 is 0. The lowest BCUT2D eigenvalue weighted by Gasteiger charge is -2.30. The molecule has 2 atom stereocenters. The molecular weight excluding hydrogens is 198 g/mol. The maximum absolute atomic E-state index is 9.56. The quantitative estimate of drug-likeness (QED) is 0.704. The molecule has 0 bridgehead atoms. The van der Waals surface area contributed by atoms with Gasteiger partial charge >= 0.3 is 0 Å². The molecule has 1 fully saturated rings. The Morgan fingerprint density at radius 1 is 1.25 bits per heavy atom. The van der Waals surface area contributed by atoms with Crippen molar-refractivity contribution in [3.63, 3.8) is 0 Å². The van der Waals surface area contributed by atoms with Crippen LogP contribution in [0.5, 0.6) is 0 Å². The molecule has 1 aliphatic rings. The molecule has 2 unspecified atom stereocenters. The fourth-order valence-corrected chi connectivity index (χ4v) is 2.76. The molecule has 2 heteroatoms. The van der Waals surface area contributed by atoms with E-state index in [9.17, 15) is 5.11 Å². The van der Waals surface area contributed by atoms with Gasteiger partial charge in [-0.1, -0.05) is 32.6 Å². The highest BCUT2D eigenvalue weighted by atomic mass is 16.3. The molecule has 2 nitrogen and oxygen atoms in total. The van der Waals surface area contributed by atoms with E-state index in [1.54, 1.807) is 0 Å². The minimum absolute atomic E-state index is 0.142. The summed E-state index contributed by atoms with van der Waals surface area (Å²) in [6.07, 6.45) is 10.2. The first-order valence-corrected chi connectivity index (χ1v) is 7.16. The van der Waals surface area contributed by atoms with Crippen LogP contribution in [-0.2, 0) is 0 Å². The van der Waals surface area contributed by atoms with Gasteiger partial charge in [0.1, 0.15) is 0 Å². The summed E-state index contributed by atoms with van der Waals surface area (Å²) in [7, 11) is 0.